The molecule has 0 radical (unpaired) electrons. The number of nitrogens with one attached hydrogen (secondary N) is 1. The van der Waals surface area contributed by atoms with Crippen LogP contribution in [0.2, 0.25) is 5.02 Å². The lowest BCUT2D eigenvalue weighted by Crippen LogP contribution is -2.05. The number of benzene rings is 1. The number of aryl methyl sites for hydroxylation is 1. The van der Waals surface area contributed by atoms with Gasteiger partial charge in [-0.15, -0.1) is 0 Å². The molecule has 0 aliphatic rings. The van der Waals surface area contributed by atoms with E-state index in [9.17, 15) is 4.79 Å². The molecule has 124 valence electrons. The third-order valence-electron chi connectivity index (χ3n) is 3.85. The lowest BCUT2D eigenvalue weighted by molar-refractivity contribution is 0.770. The Morgan fingerprint density at radius 2 is 2.08 bits per heavy atom. The van der Waals surface area contributed by atoms with Gasteiger partial charge in [0.15, 0.2) is 0 Å². The second-order valence-corrected chi connectivity index (χ2v) is 6.00. The standard InChI is InChI=1S/C17H13ClN6O/c1-24-5-3-12(23-24)16-15(21-8-13(19)22-16)10-6-9-2-4-20-17(25)14(9)11(18)7-10/h2-8H,1H3,(H2,19,22)(H,20,25). The Hall–Kier alpha value is -3.19. The van der Waals surface area contributed by atoms with Crippen LogP contribution in [0.15, 0.2) is 47.7 Å². The molecule has 0 aliphatic heterocycles. The van der Waals surface area contributed by atoms with Crippen molar-refractivity contribution in [2.75, 3.05) is 5.73 Å². The van der Waals surface area contributed by atoms with Gasteiger partial charge in [-0.1, -0.05) is 11.6 Å². The number of aromatic amines is 1. The molecule has 7 nitrogen and oxygen atoms in total. The zero-order chi connectivity index (χ0) is 17.6. The Labute approximate surface area is 147 Å². The number of nitrogens with two attached hydrogens (primary N) is 1. The minimum atomic E-state index is -0.234. The van der Waals surface area contributed by atoms with Gasteiger partial charge in [0.05, 0.1) is 22.3 Å². The van der Waals surface area contributed by atoms with Gasteiger partial charge >= 0.3 is 0 Å². The van der Waals surface area contributed by atoms with E-state index in [1.54, 1.807) is 23.0 Å². The van der Waals surface area contributed by atoms with Crippen LogP contribution in [0.3, 0.4) is 0 Å². The molecule has 0 saturated carbocycles. The number of fused-ring (bicyclic) bond motifs is 1. The molecule has 3 aromatic heterocycles. The van der Waals surface area contributed by atoms with E-state index < -0.39 is 0 Å². The van der Waals surface area contributed by atoms with Crippen LogP contribution < -0.4 is 11.3 Å². The number of rotatable bonds is 2. The molecule has 0 aliphatic carbocycles. The molecule has 0 atom stereocenters. The molecule has 0 bridgehead atoms. The van der Waals surface area contributed by atoms with Crippen molar-refractivity contribution in [3.05, 3.63) is 58.2 Å². The predicted octanol–water partition coefficient (Wildman–Crippen LogP) is 2.62. The fraction of sp³-hybridized carbons (Fsp3) is 0.0588. The fourth-order valence-corrected chi connectivity index (χ4v) is 3.06. The quantitative estimate of drug-likeness (QED) is 0.577. The smallest absolute Gasteiger partial charge is 0.257 e. The van der Waals surface area contributed by atoms with E-state index in [4.69, 9.17) is 17.3 Å². The molecule has 0 spiro atoms. The second-order valence-electron chi connectivity index (χ2n) is 5.60. The van der Waals surface area contributed by atoms with Gasteiger partial charge in [-0.25, -0.2) is 4.98 Å². The summed E-state index contributed by atoms with van der Waals surface area (Å²) in [5.74, 6) is 0.299. The minimum Gasteiger partial charge on any atom is -0.382 e. The number of nitrogen functional groups attached to an aromatic ring is 1. The highest BCUT2D eigenvalue weighted by Crippen LogP contribution is 2.32. The normalized spacial score (nSPS) is 11.1. The number of halogens is 1. The molecule has 4 aromatic rings. The Morgan fingerprint density at radius 3 is 2.84 bits per heavy atom. The fourth-order valence-electron chi connectivity index (χ4n) is 2.75. The van der Waals surface area contributed by atoms with Crippen molar-refractivity contribution in [2.24, 2.45) is 7.05 Å². The first-order chi connectivity index (χ1) is 12.0. The average Bonchev–Trinajstić information content (AvgIpc) is 3.01. The first kappa shape index (κ1) is 15.3. The molecule has 0 fully saturated rings. The lowest BCUT2D eigenvalue weighted by Gasteiger charge is -2.09. The summed E-state index contributed by atoms with van der Waals surface area (Å²) in [6.45, 7) is 0. The van der Waals surface area contributed by atoms with Crippen molar-refractivity contribution >= 4 is 28.2 Å². The maximum Gasteiger partial charge on any atom is 0.257 e. The highest BCUT2D eigenvalue weighted by atomic mass is 35.5. The molecule has 0 unspecified atom stereocenters. The molecule has 8 heteroatoms. The van der Waals surface area contributed by atoms with Crippen molar-refractivity contribution < 1.29 is 0 Å². The summed E-state index contributed by atoms with van der Waals surface area (Å²) in [6.07, 6.45) is 4.88. The zero-order valence-corrected chi connectivity index (χ0v) is 13.9. The number of hydrogen-bond donors (Lipinski definition) is 2. The summed E-state index contributed by atoms with van der Waals surface area (Å²) < 4.78 is 1.68. The van der Waals surface area contributed by atoms with E-state index in [0.717, 1.165) is 10.9 Å². The van der Waals surface area contributed by atoms with E-state index in [1.165, 1.54) is 6.20 Å². The third-order valence-corrected chi connectivity index (χ3v) is 4.14. The molecular weight excluding hydrogens is 340 g/mol. The maximum absolute atomic E-state index is 12.0. The number of H-pyrrole nitrogens is 1. The minimum absolute atomic E-state index is 0.234. The van der Waals surface area contributed by atoms with Gasteiger partial charge < -0.3 is 10.7 Å². The van der Waals surface area contributed by atoms with Crippen LogP contribution in [0.25, 0.3) is 33.4 Å². The van der Waals surface area contributed by atoms with Gasteiger partial charge in [0.2, 0.25) is 0 Å². The van der Waals surface area contributed by atoms with Gasteiger partial charge in [-0.2, -0.15) is 5.10 Å². The SMILES string of the molecule is Cn1ccc(-c2nc(N)cnc2-c2cc(Cl)c3c(=O)[nH]ccc3c2)n1. The highest BCUT2D eigenvalue weighted by Gasteiger charge is 2.16. The molecular formula is C17H13ClN6O. The third kappa shape index (κ3) is 2.64. The van der Waals surface area contributed by atoms with Gasteiger partial charge in [-0.05, 0) is 29.7 Å². The van der Waals surface area contributed by atoms with Crippen molar-refractivity contribution in [2.45, 2.75) is 0 Å². The highest BCUT2D eigenvalue weighted by molar-refractivity contribution is 6.35. The first-order valence-corrected chi connectivity index (χ1v) is 7.84. The zero-order valence-electron chi connectivity index (χ0n) is 13.2. The monoisotopic (exact) mass is 352 g/mol. The number of nitrogens with zero attached hydrogens (tertiary/aromatic N) is 4. The molecule has 4 rings (SSSR count). The largest absolute Gasteiger partial charge is 0.382 e. The van der Waals surface area contributed by atoms with Crippen LogP contribution in [-0.4, -0.2) is 24.7 Å². The second kappa shape index (κ2) is 5.71. The molecule has 0 saturated heterocycles. The van der Waals surface area contributed by atoms with E-state index in [0.29, 0.717) is 33.3 Å². The number of anilines is 1. The predicted molar refractivity (Wildman–Crippen MR) is 97.2 cm³/mol. The Bertz CT molecular complexity index is 1160. The van der Waals surface area contributed by atoms with Crippen molar-refractivity contribution in [3.63, 3.8) is 0 Å². The summed E-state index contributed by atoms with van der Waals surface area (Å²) in [5.41, 5.74) is 8.11. The molecule has 3 N–H and O–H groups in total. The summed E-state index contributed by atoms with van der Waals surface area (Å²) in [7, 11) is 1.82. The summed E-state index contributed by atoms with van der Waals surface area (Å²) in [6, 6.07) is 7.17. The van der Waals surface area contributed by atoms with E-state index >= 15 is 0 Å². The van der Waals surface area contributed by atoms with E-state index in [2.05, 4.69) is 20.1 Å². The van der Waals surface area contributed by atoms with Gasteiger partial charge in [0, 0.05) is 25.0 Å². The van der Waals surface area contributed by atoms with Gasteiger partial charge in [-0.3, -0.25) is 14.5 Å². The van der Waals surface area contributed by atoms with Crippen LogP contribution in [0, 0.1) is 0 Å². The molecule has 25 heavy (non-hydrogen) atoms. The van der Waals surface area contributed by atoms with Gasteiger partial charge in [0.1, 0.15) is 17.2 Å². The Kier molecular flexibility index (Phi) is 3.51. The molecule has 0 amide bonds. The van der Waals surface area contributed by atoms with Crippen LogP contribution in [0.5, 0.6) is 0 Å². The average molecular weight is 353 g/mol. The summed E-state index contributed by atoms with van der Waals surface area (Å²) >= 11 is 6.34. The first-order valence-electron chi connectivity index (χ1n) is 7.47. The van der Waals surface area contributed by atoms with Crippen LogP contribution in [0.1, 0.15) is 0 Å². The number of pyridine rings is 1. The van der Waals surface area contributed by atoms with Crippen molar-refractivity contribution in [1.29, 1.82) is 0 Å². The topological polar surface area (TPSA) is 102 Å². The van der Waals surface area contributed by atoms with Gasteiger partial charge in [0.25, 0.3) is 5.56 Å². The lowest BCUT2D eigenvalue weighted by atomic mass is 10.0. The Morgan fingerprint density at radius 1 is 1.24 bits per heavy atom. The number of aromatic nitrogens is 5. The van der Waals surface area contributed by atoms with E-state index in [1.807, 2.05) is 25.4 Å². The summed E-state index contributed by atoms with van der Waals surface area (Å²) in [5, 5.41) is 5.88. The maximum atomic E-state index is 12.0. The van der Waals surface area contributed by atoms with Crippen LogP contribution in [-0.2, 0) is 7.05 Å². The van der Waals surface area contributed by atoms with Crippen molar-refractivity contribution in [1.82, 2.24) is 24.7 Å². The van der Waals surface area contributed by atoms with Crippen LogP contribution in [0.4, 0.5) is 5.82 Å². The molecule has 1 aromatic carbocycles. The number of hydrogen-bond acceptors (Lipinski definition) is 5. The Balaban J connectivity index is 1.99. The van der Waals surface area contributed by atoms with Crippen molar-refractivity contribution in [3.8, 4) is 22.6 Å². The van der Waals surface area contributed by atoms with Crippen LogP contribution >= 0.6 is 11.6 Å². The molecule has 3 heterocycles. The summed E-state index contributed by atoms with van der Waals surface area (Å²) in [4.78, 5) is 23.4. The van der Waals surface area contributed by atoms with E-state index in [-0.39, 0.29) is 5.56 Å².